The summed E-state index contributed by atoms with van der Waals surface area (Å²) >= 11 is 0. The third-order valence-corrected chi connectivity index (χ3v) is 4.53. The molecule has 0 radical (unpaired) electrons. The van der Waals surface area contributed by atoms with Gasteiger partial charge in [-0.05, 0) is 6.42 Å². The minimum atomic E-state index is -0.784. The average molecular weight is 373 g/mol. The van der Waals surface area contributed by atoms with E-state index in [2.05, 4.69) is 16.4 Å². The summed E-state index contributed by atoms with van der Waals surface area (Å²) in [6.45, 7) is 2.46. The molecule has 0 heterocycles. The highest BCUT2D eigenvalue weighted by Gasteiger charge is 2.02. The number of carbonyl (C=O) groups is 2. The number of hydrogen-bond acceptors (Lipinski definition) is 5. The first-order valence-corrected chi connectivity index (χ1v) is 10.7. The van der Waals surface area contributed by atoms with Gasteiger partial charge in [-0.3, -0.25) is 4.79 Å². The molecule has 0 rings (SSSR count). The first kappa shape index (κ1) is 24.7. The minimum Gasteiger partial charge on any atom is -0.434 e. The maximum absolute atomic E-state index is 11.0. The van der Waals surface area contributed by atoms with Crippen LogP contribution < -0.4 is 0 Å². The Morgan fingerprint density at radius 3 is 1.50 bits per heavy atom. The van der Waals surface area contributed by atoms with Crippen molar-refractivity contribution in [1.29, 1.82) is 0 Å². The predicted molar refractivity (Wildman–Crippen MR) is 104 cm³/mol. The highest BCUT2D eigenvalue weighted by molar-refractivity contribution is 5.59. The van der Waals surface area contributed by atoms with Gasteiger partial charge in [0.15, 0.2) is 0 Å². The van der Waals surface area contributed by atoms with Crippen molar-refractivity contribution in [3.8, 4) is 0 Å². The second kappa shape index (κ2) is 21.8. The number of carbonyl (C=O) groups excluding carboxylic acids is 2. The molecule has 0 aliphatic carbocycles. The lowest BCUT2D eigenvalue weighted by Gasteiger charge is -2.05. The van der Waals surface area contributed by atoms with Crippen molar-refractivity contribution in [2.45, 2.75) is 110 Å². The molecule has 0 saturated carbocycles. The zero-order valence-electron chi connectivity index (χ0n) is 16.8. The second-order valence-corrected chi connectivity index (χ2v) is 6.93. The molecular formula is C21H40O5. The van der Waals surface area contributed by atoms with Gasteiger partial charge in [-0.1, -0.05) is 103 Å². The fourth-order valence-corrected chi connectivity index (χ4v) is 2.96. The summed E-state index contributed by atoms with van der Waals surface area (Å²) in [4.78, 5) is 20.9. The normalized spacial score (nSPS) is 10.5. The lowest BCUT2D eigenvalue weighted by Crippen LogP contribution is -2.10. The van der Waals surface area contributed by atoms with Gasteiger partial charge in [-0.2, -0.15) is 0 Å². The van der Waals surface area contributed by atoms with Gasteiger partial charge < -0.3 is 14.2 Å². The van der Waals surface area contributed by atoms with Gasteiger partial charge in [0.1, 0.15) is 0 Å². The van der Waals surface area contributed by atoms with E-state index in [1.54, 1.807) is 0 Å². The summed E-state index contributed by atoms with van der Waals surface area (Å²) in [6, 6.07) is 0. The van der Waals surface area contributed by atoms with Crippen molar-refractivity contribution >= 4 is 12.6 Å². The molecule has 0 amide bonds. The highest BCUT2D eigenvalue weighted by Crippen LogP contribution is 2.13. The van der Waals surface area contributed by atoms with Crippen LogP contribution in [0.15, 0.2) is 0 Å². The summed E-state index contributed by atoms with van der Waals surface area (Å²) in [7, 11) is 0. The maximum atomic E-state index is 11.0. The molecule has 0 spiro atoms. The molecule has 0 aliphatic heterocycles. The van der Waals surface area contributed by atoms with Crippen LogP contribution >= 0.6 is 0 Å². The third-order valence-electron chi connectivity index (χ3n) is 4.53. The highest BCUT2D eigenvalue weighted by atomic mass is 16.8. The Morgan fingerprint density at radius 1 is 0.654 bits per heavy atom. The number of rotatable bonds is 20. The van der Waals surface area contributed by atoms with Gasteiger partial charge in [0.2, 0.25) is 6.79 Å². The summed E-state index contributed by atoms with van der Waals surface area (Å²) in [5.74, 6) is 0. The summed E-state index contributed by atoms with van der Waals surface area (Å²) in [5, 5.41) is 0. The first-order valence-electron chi connectivity index (χ1n) is 10.7. The van der Waals surface area contributed by atoms with E-state index in [4.69, 9.17) is 4.74 Å². The van der Waals surface area contributed by atoms with E-state index in [9.17, 15) is 9.59 Å². The van der Waals surface area contributed by atoms with Crippen molar-refractivity contribution in [3.63, 3.8) is 0 Å². The van der Waals surface area contributed by atoms with E-state index < -0.39 is 6.16 Å². The van der Waals surface area contributed by atoms with Crippen molar-refractivity contribution in [2.75, 3.05) is 13.4 Å². The van der Waals surface area contributed by atoms with Gasteiger partial charge in [-0.25, -0.2) is 4.79 Å². The van der Waals surface area contributed by atoms with Gasteiger partial charge in [0.25, 0.3) is 6.47 Å². The lowest BCUT2D eigenvalue weighted by molar-refractivity contribution is -0.137. The molecule has 0 saturated heterocycles. The van der Waals surface area contributed by atoms with Crippen LogP contribution in [-0.2, 0) is 19.0 Å². The van der Waals surface area contributed by atoms with E-state index in [1.807, 2.05) is 0 Å². The molecule has 0 fully saturated rings. The molecule has 0 unspecified atom stereocenters. The molecule has 0 N–H and O–H groups in total. The molecule has 26 heavy (non-hydrogen) atoms. The zero-order chi connectivity index (χ0) is 19.1. The van der Waals surface area contributed by atoms with Crippen LogP contribution in [0.4, 0.5) is 4.79 Å². The SMILES string of the molecule is CCCCCCCCCCCCCCCCCCOC(=O)OCOC=O. The van der Waals surface area contributed by atoms with Crippen molar-refractivity contribution in [3.05, 3.63) is 0 Å². The fourth-order valence-electron chi connectivity index (χ4n) is 2.96. The van der Waals surface area contributed by atoms with E-state index in [-0.39, 0.29) is 13.3 Å². The van der Waals surface area contributed by atoms with Gasteiger partial charge in [0, 0.05) is 0 Å². The topological polar surface area (TPSA) is 61.8 Å². The monoisotopic (exact) mass is 372 g/mol. The van der Waals surface area contributed by atoms with Crippen molar-refractivity contribution in [2.24, 2.45) is 0 Å². The van der Waals surface area contributed by atoms with Crippen LogP contribution in [0, 0.1) is 0 Å². The Balaban J connectivity index is 3.07. The molecular weight excluding hydrogens is 332 g/mol. The molecule has 0 aromatic rings. The summed E-state index contributed by atoms with van der Waals surface area (Å²) < 4.78 is 13.6. The molecule has 0 bridgehead atoms. The van der Waals surface area contributed by atoms with Crippen LogP contribution in [-0.4, -0.2) is 26.0 Å². The van der Waals surface area contributed by atoms with E-state index in [0.29, 0.717) is 6.61 Å². The largest absolute Gasteiger partial charge is 0.511 e. The Hall–Kier alpha value is -1.26. The summed E-state index contributed by atoms with van der Waals surface area (Å²) in [6.07, 6.45) is 20.2. The smallest absolute Gasteiger partial charge is 0.434 e. The standard InChI is InChI=1S/C21H40O5/c1-2-3-4-5-6-7-8-9-10-11-12-13-14-15-16-17-18-25-21(23)26-20-24-19-22/h19H,2-18,20H2,1H3. The Morgan fingerprint density at radius 2 is 1.08 bits per heavy atom. The number of hydrogen-bond donors (Lipinski definition) is 0. The van der Waals surface area contributed by atoms with Crippen LogP contribution in [0.1, 0.15) is 110 Å². The second-order valence-electron chi connectivity index (χ2n) is 6.93. The van der Waals surface area contributed by atoms with Crippen molar-refractivity contribution in [1.82, 2.24) is 0 Å². The quantitative estimate of drug-likeness (QED) is 0.105. The van der Waals surface area contributed by atoms with Crippen molar-refractivity contribution < 1.29 is 23.8 Å². The molecule has 154 valence electrons. The Labute approximate surface area is 160 Å². The van der Waals surface area contributed by atoms with Gasteiger partial charge >= 0.3 is 6.16 Å². The lowest BCUT2D eigenvalue weighted by atomic mass is 10.0. The number of ether oxygens (including phenoxy) is 3. The van der Waals surface area contributed by atoms with Crippen LogP contribution in [0.5, 0.6) is 0 Å². The molecule has 5 nitrogen and oxygen atoms in total. The predicted octanol–water partition coefficient (Wildman–Crippen LogP) is 6.53. The molecule has 0 atom stereocenters. The molecule has 5 heteroatoms. The van der Waals surface area contributed by atoms with E-state index >= 15 is 0 Å². The molecule has 0 aliphatic rings. The average Bonchev–Trinajstić information content (AvgIpc) is 2.64. The molecule has 0 aromatic heterocycles. The molecule has 0 aromatic carbocycles. The van der Waals surface area contributed by atoms with Gasteiger partial charge in [-0.15, -0.1) is 0 Å². The Kier molecular flexibility index (Phi) is 20.7. The third kappa shape index (κ3) is 20.8. The van der Waals surface area contributed by atoms with Crippen LogP contribution in [0.3, 0.4) is 0 Å². The summed E-state index contributed by atoms with van der Waals surface area (Å²) in [5.41, 5.74) is 0. The number of unbranched alkanes of at least 4 members (excludes halogenated alkanes) is 15. The first-order chi connectivity index (χ1) is 12.8. The minimum absolute atomic E-state index is 0.225. The van der Waals surface area contributed by atoms with E-state index in [0.717, 1.165) is 12.8 Å². The van der Waals surface area contributed by atoms with E-state index in [1.165, 1.54) is 89.9 Å². The van der Waals surface area contributed by atoms with Crippen LogP contribution in [0.25, 0.3) is 0 Å². The Bertz CT molecular complexity index is 307. The van der Waals surface area contributed by atoms with Crippen LogP contribution in [0.2, 0.25) is 0 Å². The maximum Gasteiger partial charge on any atom is 0.511 e. The zero-order valence-corrected chi connectivity index (χ0v) is 16.8. The van der Waals surface area contributed by atoms with Gasteiger partial charge in [0.05, 0.1) is 6.61 Å². The fraction of sp³-hybridized carbons (Fsp3) is 0.905.